The summed E-state index contributed by atoms with van der Waals surface area (Å²) in [5.41, 5.74) is 0. The van der Waals surface area contributed by atoms with E-state index in [1.807, 2.05) is 0 Å². The number of esters is 2. The Hall–Kier alpha value is -1.18. The van der Waals surface area contributed by atoms with E-state index in [0.29, 0.717) is 51.1 Å². The Bertz CT molecular complexity index is 742. The van der Waals surface area contributed by atoms with E-state index in [0.717, 1.165) is 45.3 Å². The van der Waals surface area contributed by atoms with Gasteiger partial charge in [-0.15, -0.1) is 0 Å². The third-order valence-corrected chi connectivity index (χ3v) is 11.2. The number of rotatable bonds is 36. The van der Waals surface area contributed by atoms with Crippen LogP contribution in [0.5, 0.6) is 0 Å². The summed E-state index contributed by atoms with van der Waals surface area (Å²) in [5.74, 6) is 0.472. The zero-order chi connectivity index (χ0) is 37.2. The molecular weight excluding hydrogens is 635 g/mol. The monoisotopic (exact) mass is 722 g/mol. The molecule has 0 amide bonds. The van der Waals surface area contributed by atoms with Gasteiger partial charge in [-0.2, -0.15) is 0 Å². The minimum atomic E-state index is -0.0667. The molecule has 0 radical (unpaired) electrons. The van der Waals surface area contributed by atoms with Gasteiger partial charge in [-0.05, 0) is 85.2 Å². The molecule has 1 aliphatic heterocycles. The third kappa shape index (κ3) is 28.9. The van der Waals surface area contributed by atoms with Gasteiger partial charge in [0.2, 0.25) is 0 Å². The molecule has 0 aromatic heterocycles. The molecule has 1 rings (SSSR count). The van der Waals surface area contributed by atoms with Gasteiger partial charge in [0.05, 0.1) is 0 Å². The van der Waals surface area contributed by atoms with Gasteiger partial charge in [0, 0.05) is 32.0 Å². The standard InChI is InChI=1S/C44H87N3O4/c1-6-8-10-12-14-16-18-20-22-24-26-29-43(48)50-39-37-47(41(3)42-31-35-46(36-32-42)34-28-33-45(4)5)38-40-51-44(49)30-27-25-23-21-19-17-15-13-11-9-7-2/h41-42H,6-40H2,1-5H3. The van der Waals surface area contributed by atoms with E-state index in [1.54, 1.807) is 0 Å². The summed E-state index contributed by atoms with van der Waals surface area (Å²) < 4.78 is 11.5. The summed E-state index contributed by atoms with van der Waals surface area (Å²) in [4.78, 5) is 32.4. The summed E-state index contributed by atoms with van der Waals surface area (Å²) in [6, 6.07) is 0.365. The molecule has 1 atom stereocenters. The van der Waals surface area contributed by atoms with Crippen molar-refractivity contribution in [3.8, 4) is 0 Å². The number of likely N-dealkylation sites (tertiary alicyclic amines) is 1. The van der Waals surface area contributed by atoms with Gasteiger partial charge in [-0.3, -0.25) is 14.5 Å². The SMILES string of the molecule is CCCCCCCCCCCCCC(=O)OCCN(CCOC(=O)CCCCCCCCCCCCC)C(C)C1CCN(CCCN(C)C)CC1. The molecular formula is C44H87N3O4. The summed E-state index contributed by atoms with van der Waals surface area (Å²) in [6.45, 7) is 13.7. The number of hydrogen-bond donors (Lipinski definition) is 0. The minimum absolute atomic E-state index is 0.0667. The van der Waals surface area contributed by atoms with Gasteiger partial charge in [-0.25, -0.2) is 0 Å². The predicted octanol–water partition coefficient (Wildman–Crippen LogP) is 10.8. The van der Waals surface area contributed by atoms with Crippen LogP contribution in [0, 0.1) is 5.92 Å². The highest BCUT2D eigenvalue weighted by atomic mass is 16.5. The largest absolute Gasteiger partial charge is 0.464 e. The number of hydrogen-bond acceptors (Lipinski definition) is 7. The molecule has 302 valence electrons. The van der Waals surface area contributed by atoms with Crippen molar-refractivity contribution in [3.63, 3.8) is 0 Å². The van der Waals surface area contributed by atoms with E-state index in [4.69, 9.17) is 9.47 Å². The van der Waals surface area contributed by atoms with Crippen molar-refractivity contribution in [1.29, 1.82) is 0 Å². The Morgan fingerprint density at radius 1 is 0.569 bits per heavy atom. The quantitative estimate of drug-likeness (QED) is 0.0471. The van der Waals surface area contributed by atoms with E-state index in [2.05, 4.69) is 49.6 Å². The normalized spacial score (nSPS) is 14.8. The van der Waals surface area contributed by atoms with Crippen molar-refractivity contribution >= 4 is 11.9 Å². The summed E-state index contributed by atoms with van der Waals surface area (Å²) >= 11 is 0. The fourth-order valence-electron chi connectivity index (χ4n) is 7.65. The molecule has 0 bridgehead atoms. The number of nitrogens with zero attached hydrogens (tertiary/aromatic N) is 3. The molecule has 1 heterocycles. The molecule has 7 nitrogen and oxygen atoms in total. The Morgan fingerprint density at radius 3 is 1.31 bits per heavy atom. The maximum Gasteiger partial charge on any atom is 0.305 e. The molecule has 1 unspecified atom stereocenters. The van der Waals surface area contributed by atoms with Gasteiger partial charge in [0.25, 0.3) is 0 Å². The number of piperidine rings is 1. The molecule has 0 aromatic rings. The molecule has 51 heavy (non-hydrogen) atoms. The maximum absolute atomic E-state index is 12.6. The lowest BCUT2D eigenvalue weighted by molar-refractivity contribution is -0.145. The van der Waals surface area contributed by atoms with Crippen LogP contribution >= 0.6 is 0 Å². The lowest BCUT2D eigenvalue weighted by Crippen LogP contribution is -2.46. The second-order valence-corrected chi connectivity index (χ2v) is 16.1. The van der Waals surface area contributed by atoms with E-state index < -0.39 is 0 Å². The molecule has 0 N–H and O–H groups in total. The zero-order valence-corrected chi connectivity index (χ0v) is 34.9. The minimum Gasteiger partial charge on any atom is -0.464 e. The second kappa shape index (κ2) is 34.6. The molecule has 1 saturated heterocycles. The summed E-state index contributed by atoms with van der Waals surface area (Å²) in [5, 5.41) is 0. The highest BCUT2D eigenvalue weighted by Gasteiger charge is 2.28. The van der Waals surface area contributed by atoms with Crippen LogP contribution in [0.1, 0.15) is 194 Å². The summed E-state index contributed by atoms with van der Waals surface area (Å²) in [7, 11) is 4.29. The average Bonchev–Trinajstić information content (AvgIpc) is 3.12. The van der Waals surface area contributed by atoms with Gasteiger partial charge < -0.3 is 19.3 Å². The maximum atomic E-state index is 12.6. The van der Waals surface area contributed by atoms with Crippen molar-refractivity contribution in [3.05, 3.63) is 0 Å². The average molecular weight is 722 g/mol. The first-order valence-electron chi connectivity index (χ1n) is 22.3. The zero-order valence-electron chi connectivity index (χ0n) is 34.9. The van der Waals surface area contributed by atoms with E-state index in [-0.39, 0.29) is 11.9 Å². The van der Waals surface area contributed by atoms with Gasteiger partial charge in [0.15, 0.2) is 0 Å². The molecule has 1 fully saturated rings. The molecule has 1 aliphatic rings. The van der Waals surface area contributed by atoms with Gasteiger partial charge in [0.1, 0.15) is 13.2 Å². The Morgan fingerprint density at radius 2 is 0.941 bits per heavy atom. The van der Waals surface area contributed by atoms with Crippen molar-refractivity contribution in [2.24, 2.45) is 5.92 Å². The van der Waals surface area contributed by atoms with Crippen molar-refractivity contribution in [2.45, 2.75) is 200 Å². The predicted molar refractivity (Wildman–Crippen MR) is 217 cm³/mol. The molecule has 0 saturated carbocycles. The lowest BCUT2D eigenvalue weighted by atomic mass is 9.89. The first-order valence-corrected chi connectivity index (χ1v) is 22.3. The lowest BCUT2D eigenvalue weighted by Gasteiger charge is -2.39. The fourth-order valence-corrected chi connectivity index (χ4v) is 7.65. The van der Waals surface area contributed by atoms with Gasteiger partial charge in [-0.1, -0.05) is 142 Å². The van der Waals surface area contributed by atoms with Crippen LogP contribution in [-0.2, 0) is 19.1 Å². The second-order valence-electron chi connectivity index (χ2n) is 16.1. The fraction of sp³-hybridized carbons (Fsp3) is 0.955. The molecule has 0 spiro atoms. The Balaban J connectivity index is 2.35. The first kappa shape index (κ1) is 47.8. The number of carbonyl (C=O) groups is 2. The number of ether oxygens (including phenoxy) is 2. The van der Waals surface area contributed by atoms with Crippen LogP contribution in [0.4, 0.5) is 0 Å². The molecule has 7 heteroatoms. The van der Waals surface area contributed by atoms with E-state index >= 15 is 0 Å². The smallest absolute Gasteiger partial charge is 0.305 e. The first-order chi connectivity index (χ1) is 24.9. The van der Waals surface area contributed by atoms with Crippen LogP contribution < -0.4 is 0 Å². The molecule has 0 aliphatic carbocycles. The highest BCUT2D eigenvalue weighted by Crippen LogP contribution is 2.24. The third-order valence-electron chi connectivity index (χ3n) is 11.2. The van der Waals surface area contributed by atoms with Crippen LogP contribution in [0.25, 0.3) is 0 Å². The van der Waals surface area contributed by atoms with Crippen molar-refractivity contribution in [2.75, 3.05) is 66.6 Å². The number of unbranched alkanes of at least 4 members (excludes halogenated alkanes) is 20. The Kier molecular flexibility index (Phi) is 32.4. The van der Waals surface area contributed by atoms with Crippen LogP contribution in [0.3, 0.4) is 0 Å². The van der Waals surface area contributed by atoms with Crippen LogP contribution in [0.2, 0.25) is 0 Å². The van der Waals surface area contributed by atoms with E-state index in [1.165, 1.54) is 141 Å². The van der Waals surface area contributed by atoms with Crippen LogP contribution in [-0.4, -0.2) is 99.3 Å². The Labute approximate surface area is 317 Å². The van der Waals surface area contributed by atoms with E-state index in [9.17, 15) is 9.59 Å². The molecule has 0 aromatic carbocycles. The van der Waals surface area contributed by atoms with Gasteiger partial charge >= 0.3 is 11.9 Å². The van der Waals surface area contributed by atoms with Crippen LogP contribution in [0.15, 0.2) is 0 Å². The highest BCUT2D eigenvalue weighted by molar-refractivity contribution is 5.69. The number of carbonyl (C=O) groups excluding carboxylic acids is 2. The van der Waals surface area contributed by atoms with Crippen molar-refractivity contribution in [1.82, 2.24) is 14.7 Å². The topological polar surface area (TPSA) is 62.3 Å². The van der Waals surface area contributed by atoms with Crippen molar-refractivity contribution < 1.29 is 19.1 Å². The summed E-state index contributed by atoms with van der Waals surface area (Å²) in [6.07, 6.45) is 32.8.